The molecule has 0 heterocycles. The molecule has 0 aromatic rings. The Kier molecular flexibility index (Phi) is 11.1. The molecule has 1 aliphatic rings. The van der Waals surface area contributed by atoms with E-state index in [1.165, 1.54) is 0 Å². The lowest BCUT2D eigenvalue weighted by atomic mass is 9.90. The number of hydrogen-bond acceptors (Lipinski definition) is 4. The summed E-state index contributed by atoms with van der Waals surface area (Å²) < 4.78 is 0. The molecule has 2 N–H and O–H groups in total. The molecule has 0 saturated heterocycles. The number of Topliss-reactive ketones (excluding diaryl/α,β-unsaturated/α-hetero) is 1. The Morgan fingerprint density at radius 1 is 1.27 bits per heavy atom. The molecular formula is C22H34O4. The Balaban J connectivity index is 2.38. The molecule has 0 aromatic heterocycles. The van der Waals surface area contributed by atoms with Gasteiger partial charge >= 0.3 is 0 Å². The zero-order valence-corrected chi connectivity index (χ0v) is 16.1. The lowest BCUT2D eigenvalue weighted by Gasteiger charge is -2.13. The Morgan fingerprint density at radius 2 is 2.04 bits per heavy atom. The molecule has 1 rings (SSSR count). The topological polar surface area (TPSA) is 74.6 Å². The average Bonchev–Trinajstić information content (AvgIpc) is 2.98. The third-order valence-corrected chi connectivity index (χ3v) is 5.00. The number of rotatable bonds is 13. The van der Waals surface area contributed by atoms with E-state index < -0.39 is 6.61 Å². The van der Waals surface area contributed by atoms with Gasteiger partial charge in [-0.25, -0.2) is 0 Å². The summed E-state index contributed by atoms with van der Waals surface area (Å²) in [6.07, 6.45) is 17.1. The van der Waals surface area contributed by atoms with Gasteiger partial charge in [-0.3, -0.25) is 9.59 Å². The van der Waals surface area contributed by atoms with Crippen LogP contribution >= 0.6 is 0 Å². The van der Waals surface area contributed by atoms with Crippen molar-refractivity contribution < 1.29 is 19.8 Å². The molecule has 1 aliphatic carbocycles. The first-order valence-electron chi connectivity index (χ1n) is 9.84. The van der Waals surface area contributed by atoms with E-state index in [1.807, 2.05) is 37.3 Å². The fourth-order valence-corrected chi connectivity index (χ4v) is 3.10. The summed E-state index contributed by atoms with van der Waals surface area (Å²) in [6.45, 7) is 3.54. The van der Waals surface area contributed by atoms with Crippen molar-refractivity contribution in [2.45, 2.75) is 64.9 Å². The highest BCUT2D eigenvalue weighted by Crippen LogP contribution is 2.27. The first-order chi connectivity index (χ1) is 12.5. The molecule has 26 heavy (non-hydrogen) atoms. The highest BCUT2D eigenvalue weighted by atomic mass is 16.3. The van der Waals surface area contributed by atoms with Gasteiger partial charge in [-0.05, 0) is 38.2 Å². The van der Waals surface area contributed by atoms with E-state index in [2.05, 4.69) is 6.92 Å². The van der Waals surface area contributed by atoms with Gasteiger partial charge in [0.1, 0.15) is 6.61 Å². The van der Waals surface area contributed by atoms with Crippen molar-refractivity contribution in [2.75, 3.05) is 6.61 Å². The lowest BCUT2D eigenvalue weighted by Crippen LogP contribution is -2.14. The second kappa shape index (κ2) is 12.8. The molecule has 0 aromatic carbocycles. The molecule has 0 saturated carbocycles. The van der Waals surface area contributed by atoms with Gasteiger partial charge in [0.25, 0.3) is 0 Å². The molecule has 0 bridgehead atoms. The Labute approximate surface area is 157 Å². The molecule has 4 atom stereocenters. The van der Waals surface area contributed by atoms with Crippen LogP contribution < -0.4 is 0 Å². The van der Waals surface area contributed by atoms with Crippen LogP contribution in [0.1, 0.15) is 58.8 Å². The summed E-state index contributed by atoms with van der Waals surface area (Å²) in [5, 5.41) is 18.7. The van der Waals surface area contributed by atoms with Crippen LogP contribution in [-0.2, 0) is 9.59 Å². The first-order valence-corrected chi connectivity index (χ1v) is 9.84. The van der Waals surface area contributed by atoms with E-state index in [0.29, 0.717) is 19.3 Å². The smallest absolute Gasteiger partial charge is 0.160 e. The predicted molar refractivity (Wildman–Crippen MR) is 105 cm³/mol. The van der Waals surface area contributed by atoms with Gasteiger partial charge in [-0.15, -0.1) is 0 Å². The van der Waals surface area contributed by atoms with Crippen molar-refractivity contribution in [1.82, 2.24) is 0 Å². The maximum Gasteiger partial charge on any atom is 0.160 e. The van der Waals surface area contributed by atoms with Crippen LogP contribution in [0.25, 0.3) is 0 Å². The second-order valence-corrected chi connectivity index (χ2v) is 7.22. The third kappa shape index (κ3) is 8.24. The average molecular weight is 363 g/mol. The maximum atomic E-state index is 12.0. The molecule has 0 radical (unpaired) electrons. The zero-order valence-electron chi connectivity index (χ0n) is 16.1. The van der Waals surface area contributed by atoms with Crippen LogP contribution in [0.4, 0.5) is 0 Å². The van der Waals surface area contributed by atoms with Crippen LogP contribution in [0.2, 0.25) is 0 Å². The van der Waals surface area contributed by atoms with Crippen molar-refractivity contribution in [3.8, 4) is 0 Å². The number of carbonyl (C=O) groups excluding carboxylic acids is 2. The highest BCUT2D eigenvalue weighted by Gasteiger charge is 2.26. The quantitative estimate of drug-likeness (QED) is 0.489. The predicted octanol–water partition coefficient (Wildman–Crippen LogP) is 3.78. The normalized spacial score (nSPS) is 22.5. The summed E-state index contributed by atoms with van der Waals surface area (Å²) in [6, 6.07) is 0. The van der Waals surface area contributed by atoms with E-state index in [4.69, 9.17) is 5.11 Å². The van der Waals surface area contributed by atoms with Gasteiger partial charge in [-0.2, -0.15) is 0 Å². The molecule has 0 spiro atoms. The van der Waals surface area contributed by atoms with Crippen molar-refractivity contribution in [3.63, 3.8) is 0 Å². The van der Waals surface area contributed by atoms with E-state index in [-0.39, 0.29) is 35.4 Å². The summed E-state index contributed by atoms with van der Waals surface area (Å²) in [5.41, 5.74) is 0. The Bertz CT molecular complexity index is 518. The number of aliphatic hydroxyl groups is 2. The van der Waals surface area contributed by atoms with Gasteiger partial charge in [0, 0.05) is 17.8 Å². The summed E-state index contributed by atoms with van der Waals surface area (Å²) >= 11 is 0. The fraction of sp³-hybridized carbons (Fsp3) is 0.636. The largest absolute Gasteiger partial charge is 0.393 e. The van der Waals surface area contributed by atoms with Gasteiger partial charge in [-0.1, -0.05) is 57.1 Å². The minimum atomic E-state index is -0.395. The van der Waals surface area contributed by atoms with Crippen molar-refractivity contribution in [3.05, 3.63) is 36.5 Å². The van der Waals surface area contributed by atoms with E-state index >= 15 is 0 Å². The molecule has 0 amide bonds. The van der Waals surface area contributed by atoms with Gasteiger partial charge in [0.15, 0.2) is 11.6 Å². The minimum Gasteiger partial charge on any atom is -0.393 e. The van der Waals surface area contributed by atoms with Gasteiger partial charge in [0.2, 0.25) is 0 Å². The highest BCUT2D eigenvalue weighted by molar-refractivity contribution is 5.95. The fourth-order valence-electron chi connectivity index (χ4n) is 3.10. The van der Waals surface area contributed by atoms with Gasteiger partial charge in [0.05, 0.1) is 6.10 Å². The Hall–Kier alpha value is -1.52. The number of unbranched alkanes of at least 4 members (excludes halogenated alkanes) is 1. The third-order valence-electron chi connectivity index (χ3n) is 5.00. The second-order valence-electron chi connectivity index (χ2n) is 7.22. The molecule has 0 fully saturated rings. The lowest BCUT2D eigenvalue weighted by molar-refractivity contribution is -0.125. The van der Waals surface area contributed by atoms with E-state index in [1.54, 1.807) is 6.08 Å². The van der Waals surface area contributed by atoms with Crippen LogP contribution in [0.15, 0.2) is 36.5 Å². The van der Waals surface area contributed by atoms with Crippen molar-refractivity contribution in [1.29, 1.82) is 0 Å². The molecule has 4 nitrogen and oxygen atoms in total. The van der Waals surface area contributed by atoms with Crippen LogP contribution in [0, 0.1) is 17.8 Å². The van der Waals surface area contributed by atoms with Crippen LogP contribution in [-0.4, -0.2) is 34.5 Å². The monoisotopic (exact) mass is 362 g/mol. The number of aliphatic hydroxyl groups excluding tert-OH is 2. The van der Waals surface area contributed by atoms with Crippen LogP contribution in [0.3, 0.4) is 0 Å². The molecule has 2 unspecified atom stereocenters. The number of hydrogen-bond donors (Lipinski definition) is 2. The van der Waals surface area contributed by atoms with Crippen LogP contribution in [0.5, 0.6) is 0 Å². The van der Waals surface area contributed by atoms with Gasteiger partial charge < -0.3 is 10.2 Å². The molecule has 4 heteroatoms. The van der Waals surface area contributed by atoms with E-state index in [0.717, 1.165) is 25.7 Å². The number of allylic oxidation sites excluding steroid dienone is 5. The summed E-state index contributed by atoms with van der Waals surface area (Å²) in [7, 11) is 0. The number of carbonyl (C=O) groups is 2. The standard InChI is InChI=1S/C22H34O4/c1-3-4-11-19(24)12-8-10-18-14-15-21(25)20(18)13-7-5-6-9-17(2)22(26)16-23/h5,7-8,10,14-15,17-20,23-24H,3-4,6,9,11-13,16H2,1-2H3/b7-5-,10-8?/t17?,18-,19?,20+/m0/s1. The summed E-state index contributed by atoms with van der Waals surface area (Å²) in [5.74, 6) is -0.0685. The number of ketones is 2. The maximum absolute atomic E-state index is 12.0. The zero-order chi connectivity index (χ0) is 19.4. The molecule has 146 valence electrons. The summed E-state index contributed by atoms with van der Waals surface area (Å²) in [4.78, 5) is 23.4. The van der Waals surface area contributed by atoms with E-state index in [9.17, 15) is 14.7 Å². The minimum absolute atomic E-state index is 0.0632. The van der Waals surface area contributed by atoms with Crippen molar-refractivity contribution >= 4 is 11.6 Å². The SMILES string of the molecule is CCCCC(O)CC=C[C@H]1C=CC(=O)[C@@H]1C/C=C\CCC(C)C(=O)CO. The van der Waals surface area contributed by atoms with Crippen molar-refractivity contribution in [2.24, 2.45) is 17.8 Å². The molecule has 0 aliphatic heterocycles. The molecular weight excluding hydrogens is 328 g/mol. The Morgan fingerprint density at radius 3 is 2.73 bits per heavy atom. The first kappa shape index (κ1) is 22.5.